The summed E-state index contributed by atoms with van der Waals surface area (Å²) in [6.45, 7) is 6.52. The Bertz CT molecular complexity index is 871. The Hall–Kier alpha value is -2.82. The zero-order valence-corrected chi connectivity index (χ0v) is 17.2. The number of carbonyl (C=O) groups is 1. The number of allylic oxidation sites excluding steroid dienone is 2. The van der Waals surface area contributed by atoms with Gasteiger partial charge >= 0.3 is 0 Å². The Morgan fingerprint density at radius 3 is 2.62 bits per heavy atom. The fraction of sp³-hybridized carbons (Fsp3) is 0.417. The number of piperazine rings is 1. The molecule has 2 aliphatic rings. The van der Waals surface area contributed by atoms with E-state index >= 15 is 0 Å². The van der Waals surface area contributed by atoms with Gasteiger partial charge in [0.05, 0.1) is 0 Å². The maximum atomic E-state index is 12.5. The molecule has 1 amide bonds. The van der Waals surface area contributed by atoms with Crippen LogP contribution in [0.2, 0.25) is 0 Å². The van der Waals surface area contributed by atoms with Crippen LogP contribution in [0, 0.1) is 12.8 Å². The Kier molecular flexibility index (Phi) is 6.13. The summed E-state index contributed by atoms with van der Waals surface area (Å²) in [5, 5.41) is 3.14. The molecule has 1 aliphatic carbocycles. The van der Waals surface area contributed by atoms with E-state index in [2.05, 4.69) is 69.5 Å². The van der Waals surface area contributed by atoms with Crippen LogP contribution in [0.15, 0.2) is 54.7 Å². The van der Waals surface area contributed by atoms with Crippen LogP contribution in [0.4, 0.5) is 11.5 Å². The van der Waals surface area contributed by atoms with Gasteiger partial charge in [-0.15, -0.1) is 0 Å². The zero-order valence-electron chi connectivity index (χ0n) is 17.2. The highest BCUT2D eigenvalue weighted by atomic mass is 16.1. The second-order valence-electron chi connectivity index (χ2n) is 7.95. The van der Waals surface area contributed by atoms with Gasteiger partial charge < -0.3 is 15.1 Å². The molecule has 2 heterocycles. The van der Waals surface area contributed by atoms with Gasteiger partial charge in [-0.2, -0.15) is 0 Å². The first-order valence-corrected chi connectivity index (χ1v) is 10.6. The Morgan fingerprint density at radius 2 is 1.86 bits per heavy atom. The highest BCUT2D eigenvalue weighted by Gasteiger charge is 2.22. The van der Waals surface area contributed by atoms with Crippen molar-refractivity contribution >= 4 is 17.4 Å². The van der Waals surface area contributed by atoms with Crippen molar-refractivity contribution in [1.82, 2.24) is 10.3 Å². The van der Waals surface area contributed by atoms with E-state index in [1.807, 2.05) is 12.3 Å². The van der Waals surface area contributed by atoms with Gasteiger partial charge in [0.1, 0.15) is 5.82 Å². The number of carbonyl (C=O) groups excluding carboxylic acids is 1. The van der Waals surface area contributed by atoms with E-state index in [1.54, 1.807) is 0 Å². The molecule has 1 N–H and O–H groups in total. The van der Waals surface area contributed by atoms with Crippen LogP contribution in [0.25, 0.3) is 0 Å². The third-order valence-corrected chi connectivity index (χ3v) is 6.00. The van der Waals surface area contributed by atoms with Crippen LogP contribution in [0.5, 0.6) is 0 Å². The van der Waals surface area contributed by atoms with Crippen molar-refractivity contribution in [1.29, 1.82) is 0 Å². The van der Waals surface area contributed by atoms with Crippen LogP contribution in [-0.2, 0) is 11.3 Å². The summed E-state index contributed by atoms with van der Waals surface area (Å²) in [4.78, 5) is 22.0. The number of pyridine rings is 1. The van der Waals surface area contributed by atoms with Crippen LogP contribution < -0.4 is 15.1 Å². The summed E-state index contributed by atoms with van der Waals surface area (Å²) in [5.74, 6) is 1.27. The summed E-state index contributed by atoms with van der Waals surface area (Å²) in [6, 6.07) is 12.6. The van der Waals surface area contributed by atoms with Crippen LogP contribution >= 0.6 is 0 Å². The molecule has 1 unspecified atom stereocenters. The predicted molar refractivity (Wildman–Crippen MR) is 118 cm³/mol. The molecule has 5 heteroatoms. The SMILES string of the molecule is Cc1ccccc1N1CCN(c2ncccc2CNC(=O)C2CC=CCC2)CC1. The number of aryl methyl sites for hydroxylation is 1. The lowest BCUT2D eigenvalue weighted by molar-refractivity contribution is -0.125. The molecule has 1 atom stereocenters. The minimum absolute atomic E-state index is 0.109. The van der Waals surface area contributed by atoms with E-state index in [9.17, 15) is 4.79 Å². The van der Waals surface area contributed by atoms with Gasteiger partial charge in [-0.1, -0.05) is 36.4 Å². The van der Waals surface area contributed by atoms with Crippen LogP contribution in [0.3, 0.4) is 0 Å². The van der Waals surface area contributed by atoms with E-state index in [4.69, 9.17) is 0 Å². The second kappa shape index (κ2) is 9.12. The van der Waals surface area contributed by atoms with Gasteiger partial charge in [0, 0.05) is 56.1 Å². The lowest BCUT2D eigenvalue weighted by Gasteiger charge is -2.38. The summed E-state index contributed by atoms with van der Waals surface area (Å²) >= 11 is 0. The predicted octanol–water partition coefficient (Wildman–Crippen LogP) is 3.69. The monoisotopic (exact) mass is 390 g/mol. The normalized spacial score (nSPS) is 19.3. The molecule has 0 bridgehead atoms. The molecule has 1 aromatic heterocycles. The molecular weight excluding hydrogens is 360 g/mol. The molecule has 152 valence electrons. The number of benzene rings is 1. The molecule has 1 aromatic carbocycles. The van der Waals surface area contributed by atoms with E-state index in [-0.39, 0.29) is 11.8 Å². The fourth-order valence-corrected chi connectivity index (χ4v) is 4.29. The molecule has 4 rings (SSSR count). The first-order valence-electron chi connectivity index (χ1n) is 10.6. The summed E-state index contributed by atoms with van der Waals surface area (Å²) in [7, 11) is 0. The van der Waals surface area contributed by atoms with Gasteiger partial charge in [0.25, 0.3) is 0 Å². The fourth-order valence-electron chi connectivity index (χ4n) is 4.29. The number of hydrogen-bond donors (Lipinski definition) is 1. The Labute approximate surface area is 173 Å². The minimum atomic E-state index is 0.109. The lowest BCUT2D eigenvalue weighted by Crippen LogP contribution is -2.47. The highest BCUT2D eigenvalue weighted by Crippen LogP contribution is 2.24. The molecule has 5 nitrogen and oxygen atoms in total. The average molecular weight is 391 g/mol. The number of nitrogens with one attached hydrogen (secondary N) is 1. The zero-order chi connectivity index (χ0) is 20.1. The summed E-state index contributed by atoms with van der Waals surface area (Å²) < 4.78 is 0. The van der Waals surface area contributed by atoms with Gasteiger partial charge in [-0.3, -0.25) is 4.79 Å². The third-order valence-electron chi connectivity index (χ3n) is 6.00. The van der Waals surface area contributed by atoms with E-state index < -0.39 is 0 Å². The topological polar surface area (TPSA) is 48.5 Å². The van der Waals surface area contributed by atoms with Crippen LogP contribution in [0.1, 0.15) is 30.4 Å². The molecule has 0 radical (unpaired) electrons. The van der Waals surface area contributed by atoms with E-state index in [1.165, 1.54) is 11.3 Å². The molecule has 2 aromatic rings. The quantitative estimate of drug-likeness (QED) is 0.791. The number of rotatable bonds is 5. The Morgan fingerprint density at radius 1 is 1.07 bits per heavy atom. The molecule has 29 heavy (non-hydrogen) atoms. The van der Waals surface area contributed by atoms with Crippen molar-refractivity contribution in [2.45, 2.75) is 32.7 Å². The molecular formula is C24H30N4O. The van der Waals surface area contributed by atoms with Crippen molar-refractivity contribution in [2.75, 3.05) is 36.0 Å². The number of para-hydroxylation sites is 1. The molecule has 1 saturated heterocycles. The highest BCUT2D eigenvalue weighted by molar-refractivity contribution is 5.79. The number of anilines is 2. The maximum Gasteiger partial charge on any atom is 0.223 e. The molecule has 0 spiro atoms. The lowest BCUT2D eigenvalue weighted by atomic mass is 9.93. The first-order chi connectivity index (χ1) is 14.2. The molecule has 1 aliphatic heterocycles. The van der Waals surface area contributed by atoms with Crippen molar-refractivity contribution in [3.05, 3.63) is 65.9 Å². The maximum absolute atomic E-state index is 12.5. The van der Waals surface area contributed by atoms with E-state index in [0.29, 0.717) is 6.54 Å². The number of aromatic nitrogens is 1. The van der Waals surface area contributed by atoms with Gasteiger partial charge in [0.2, 0.25) is 5.91 Å². The average Bonchev–Trinajstić information content (AvgIpc) is 2.79. The first kappa shape index (κ1) is 19.5. The van der Waals surface area contributed by atoms with Gasteiger partial charge in [-0.25, -0.2) is 4.98 Å². The number of amides is 1. The summed E-state index contributed by atoms with van der Waals surface area (Å²) in [5.41, 5.74) is 3.73. The van der Waals surface area contributed by atoms with Crippen molar-refractivity contribution in [3.63, 3.8) is 0 Å². The van der Waals surface area contributed by atoms with Crippen LogP contribution in [-0.4, -0.2) is 37.1 Å². The Balaban J connectivity index is 1.38. The van der Waals surface area contributed by atoms with Crippen molar-refractivity contribution < 1.29 is 4.79 Å². The third kappa shape index (κ3) is 4.61. The van der Waals surface area contributed by atoms with E-state index in [0.717, 1.165) is 56.8 Å². The smallest absolute Gasteiger partial charge is 0.223 e. The number of hydrogen-bond acceptors (Lipinski definition) is 4. The standard InChI is InChI=1S/C24H30N4O/c1-19-8-5-6-12-22(19)27-14-16-28(17-15-27)23-21(11-7-13-25-23)18-26-24(29)20-9-3-2-4-10-20/h2-3,5-8,11-13,20H,4,9-10,14-18H2,1H3,(H,26,29). The number of nitrogens with zero attached hydrogens (tertiary/aromatic N) is 3. The second-order valence-corrected chi connectivity index (χ2v) is 7.95. The largest absolute Gasteiger partial charge is 0.368 e. The summed E-state index contributed by atoms with van der Waals surface area (Å²) in [6.07, 6.45) is 8.94. The molecule has 1 fully saturated rings. The van der Waals surface area contributed by atoms with Gasteiger partial charge in [-0.05, 0) is 43.9 Å². The van der Waals surface area contributed by atoms with Gasteiger partial charge in [0.15, 0.2) is 0 Å². The molecule has 0 saturated carbocycles. The minimum Gasteiger partial charge on any atom is -0.368 e. The van der Waals surface area contributed by atoms with Crippen molar-refractivity contribution in [3.8, 4) is 0 Å². The van der Waals surface area contributed by atoms with Crippen molar-refractivity contribution in [2.24, 2.45) is 5.92 Å².